The number of benzene rings is 1. The summed E-state index contributed by atoms with van der Waals surface area (Å²) in [7, 11) is 1.62. The summed E-state index contributed by atoms with van der Waals surface area (Å²) in [6.07, 6.45) is 2.97. The molecule has 0 amide bonds. The Kier molecular flexibility index (Phi) is 4.49. The monoisotopic (exact) mass is 298 g/mol. The van der Waals surface area contributed by atoms with Crippen LogP contribution < -0.4 is 4.74 Å². The SMILES string of the molecule is COc1cccc(CN2CC=C(c3ccccc3F)CC2)n1. The van der Waals surface area contributed by atoms with E-state index in [0.717, 1.165) is 42.9 Å². The third-order valence-electron chi connectivity index (χ3n) is 3.89. The summed E-state index contributed by atoms with van der Waals surface area (Å²) in [6.45, 7) is 2.49. The molecule has 1 aliphatic rings. The molecule has 0 spiro atoms. The van der Waals surface area contributed by atoms with Gasteiger partial charge in [0, 0.05) is 31.3 Å². The zero-order valence-electron chi connectivity index (χ0n) is 12.6. The van der Waals surface area contributed by atoms with Gasteiger partial charge in [0.15, 0.2) is 0 Å². The Morgan fingerprint density at radius 2 is 2.05 bits per heavy atom. The molecule has 1 aliphatic heterocycles. The van der Waals surface area contributed by atoms with Gasteiger partial charge in [-0.1, -0.05) is 30.3 Å². The van der Waals surface area contributed by atoms with Gasteiger partial charge in [-0.15, -0.1) is 0 Å². The maximum atomic E-state index is 13.8. The molecule has 4 heteroatoms. The molecule has 2 aromatic rings. The summed E-state index contributed by atoms with van der Waals surface area (Å²) in [5.41, 5.74) is 2.80. The first-order valence-corrected chi connectivity index (χ1v) is 7.42. The number of halogens is 1. The molecule has 22 heavy (non-hydrogen) atoms. The molecule has 0 fully saturated rings. The average molecular weight is 298 g/mol. The fourth-order valence-electron chi connectivity index (χ4n) is 2.71. The average Bonchev–Trinajstić information content (AvgIpc) is 2.56. The maximum Gasteiger partial charge on any atom is 0.213 e. The lowest BCUT2D eigenvalue weighted by Gasteiger charge is -2.26. The van der Waals surface area contributed by atoms with E-state index in [9.17, 15) is 4.39 Å². The number of hydrogen-bond acceptors (Lipinski definition) is 3. The van der Waals surface area contributed by atoms with Crippen LogP contribution in [0.2, 0.25) is 0 Å². The normalized spacial score (nSPS) is 15.5. The van der Waals surface area contributed by atoms with Crippen molar-refractivity contribution in [1.29, 1.82) is 0 Å². The minimum absolute atomic E-state index is 0.142. The van der Waals surface area contributed by atoms with Crippen LogP contribution in [-0.2, 0) is 6.54 Å². The molecule has 114 valence electrons. The summed E-state index contributed by atoms with van der Waals surface area (Å²) < 4.78 is 19.0. The molecule has 0 saturated carbocycles. The topological polar surface area (TPSA) is 25.4 Å². The van der Waals surface area contributed by atoms with Gasteiger partial charge in [-0.3, -0.25) is 4.90 Å². The molecule has 2 heterocycles. The van der Waals surface area contributed by atoms with Gasteiger partial charge in [0.2, 0.25) is 5.88 Å². The molecule has 1 aromatic heterocycles. The molecule has 0 bridgehead atoms. The van der Waals surface area contributed by atoms with Gasteiger partial charge in [-0.05, 0) is 24.1 Å². The van der Waals surface area contributed by atoms with Gasteiger partial charge in [-0.2, -0.15) is 0 Å². The van der Waals surface area contributed by atoms with E-state index in [1.54, 1.807) is 13.2 Å². The van der Waals surface area contributed by atoms with E-state index >= 15 is 0 Å². The first-order chi connectivity index (χ1) is 10.8. The Balaban J connectivity index is 1.67. The minimum Gasteiger partial charge on any atom is -0.481 e. The van der Waals surface area contributed by atoms with Crippen LogP contribution in [0.3, 0.4) is 0 Å². The fourth-order valence-corrected chi connectivity index (χ4v) is 2.71. The Morgan fingerprint density at radius 3 is 2.77 bits per heavy atom. The highest BCUT2D eigenvalue weighted by Crippen LogP contribution is 2.25. The van der Waals surface area contributed by atoms with Gasteiger partial charge in [-0.25, -0.2) is 9.37 Å². The van der Waals surface area contributed by atoms with Crippen molar-refractivity contribution in [2.75, 3.05) is 20.2 Å². The quantitative estimate of drug-likeness (QED) is 0.863. The molecule has 0 N–H and O–H groups in total. The van der Waals surface area contributed by atoms with Gasteiger partial charge in [0.05, 0.1) is 12.8 Å². The van der Waals surface area contributed by atoms with Crippen LogP contribution in [-0.4, -0.2) is 30.1 Å². The smallest absolute Gasteiger partial charge is 0.213 e. The van der Waals surface area contributed by atoms with Gasteiger partial charge in [0.25, 0.3) is 0 Å². The maximum absolute atomic E-state index is 13.8. The third kappa shape index (κ3) is 3.34. The van der Waals surface area contributed by atoms with Crippen molar-refractivity contribution in [3.63, 3.8) is 0 Å². The first-order valence-electron chi connectivity index (χ1n) is 7.42. The lowest BCUT2D eigenvalue weighted by atomic mass is 9.99. The number of aromatic nitrogens is 1. The molecule has 0 unspecified atom stereocenters. The number of methoxy groups -OCH3 is 1. The Labute approximate surface area is 130 Å². The van der Waals surface area contributed by atoms with Crippen molar-refractivity contribution in [1.82, 2.24) is 9.88 Å². The predicted octanol–water partition coefficient (Wildman–Crippen LogP) is 3.52. The molecular formula is C18H19FN2O. The van der Waals surface area contributed by atoms with Crippen molar-refractivity contribution < 1.29 is 9.13 Å². The standard InChI is InChI=1S/C18H19FN2O/c1-22-18-8-4-5-15(20-18)13-21-11-9-14(10-12-21)16-6-2-3-7-17(16)19/h2-9H,10-13H2,1H3. The van der Waals surface area contributed by atoms with E-state index in [1.165, 1.54) is 6.07 Å². The minimum atomic E-state index is -0.142. The van der Waals surface area contributed by atoms with E-state index < -0.39 is 0 Å². The summed E-state index contributed by atoms with van der Waals surface area (Å²) in [4.78, 5) is 6.73. The van der Waals surface area contributed by atoms with Crippen LogP contribution in [0.25, 0.3) is 5.57 Å². The summed E-state index contributed by atoms with van der Waals surface area (Å²) in [6, 6.07) is 12.8. The Bertz CT molecular complexity index is 684. The molecule has 0 atom stereocenters. The molecule has 0 aliphatic carbocycles. The third-order valence-corrected chi connectivity index (χ3v) is 3.89. The molecular weight excluding hydrogens is 279 g/mol. The zero-order valence-corrected chi connectivity index (χ0v) is 12.6. The van der Waals surface area contributed by atoms with Crippen molar-refractivity contribution in [3.8, 4) is 5.88 Å². The predicted molar refractivity (Wildman–Crippen MR) is 85.1 cm³/mol. The van der Waals surface area contributed by atoms with Crippen LogP contribution in [0, 0.1) is 5.82 Å². The van der Waals surface area contributed by atoms with Gasteiger partial charge in [0.1, 0.15) is 5.82 Å². The zero-order chi connectivity index (χ0) is 15.4. The molecule has 1 aromatic carbocycles. The lowest BCUT2D eigenvalue weighted by molar-refractivity contribution is 0.288. The van der Waals surface area contributed by atoms with Crippen molar-refractivity contribution in [3.05, 3.63) is 65.6 Å². The Morgan fingerprint density at radius 1 is 1.18 bits per heavy atom. The highest BCUT2D eigenvalue weighted by Gasteiger charge is 2.15. The summed E-state index contributed by atoms with van der Waals surface area (Å²) >= 11 is 0. The van der Waals surface area contributed by atoms with E-state index in [0.29, 0.717) is 5.88 Å². The van der Waals surface area contributed by atoms with E-state index in [1.807, 2.05) is 30.3 Å². The van der Waals surface area contributed by atoms with Crippen LogP contribution in [0.15, 0.2) is 48.5 Å². The highest BCUT2D eigenvalue weighted by atomic mass is 19.1. The van der Waals surface area contributed by atoms with E-state index in [2.05, 4.69) is 16.0 Å². The Hall–Kier alpha value is -2.20. The number of nitrogens with zero attached hydrogens (tertiary/aromatic N) is 2. The van der Waals surface area contributed by atoms with Crippen LogP contribution >= 0.6 is 0 Å². The number of rotatable bonds is 4. The first kappa shape index (κ1) is 14.7. The fraction of sp³-hybridized carbons (Fsp3) is 0.278. The van der Waals surface area contributed by atoms with E-state index in [-0.39, 0.29) is 5.82 Å². The van der Waals surface area contributed by atoms with E-state index in [4.69, 9.17) is 4.74 Å². The molecule has 0 saturated heterocycles. The van der Waals surface area contributed by atoms with Gasteiger partial charge < -0.3 is 4.74 Å². The van der Waals surface area contributed by atoms with Crippen molar-refractivity contribution >= 4 is 5.57 Å². The second-order valence-corrected chi connectivity index (χ2v) is 5.37. The molecule has 0 radical (unpaired) electrons. The highest BCUT2D eigenvalue weighted by molar-refractivity contribution is 5.67. The van der Waals surface area contributed by atoms with Crippen molar-refractivity contribution in [2.24, 2.45) is 0 Å². The lowest BCUT2D eigenvalue weighted by Crippen LogP contribution is -2.28. The van der Waals surface area contributed by atoms with Gasteiger partial charge >= 0.3 is 0 Å². The molecule has 3 rings (SSSR count). The van der Waals surface area contributed by atoms with Crippen LogP contribution in [0.5, 0.6) is 5.88 Å². The second kappa shape index (κ2) is 6.71. The number of hydrogen-bond donors (Lipinski definition) is 0. The summed E-state index contributed by atoms with van der Waals surface area (Å²) in [5, 5.41) is 0. The van der Waals surface area contributed by atoms with Crippen molar-refractivity contribution in [2.45, 2.75) is 13.0 Å². The van der Waals surface area contributed by atoms with Crippen LogP contribution in [0.4, 0.5) is 4.39 Å². The number of pyridine rings is 1. The second-order valence-electron chi connectivity index (χ2n) is 5.37. The largest absolute Gasteiger partial charge is 0.481 e. The van der Waals surface area contributed by atoms with Crippen LogP contribution in [0.1, 0.15) is 17.7 Å². The summed E-state index contributed by atoms with van der Waals surface area (Å²) in [5.74, 6) is 0.494. The number of ether oxygens (including phenoxy) is 1. The molecule has 3 nitrogen and oxygen atoms in total.